The predicted octanol–water partition coefficient (Wildman–Crippen LogP) is 4.88. The number of hydrogen-bond donors (Lipinski definition) is 1. The third-order valence-electron chi connectivity index (χ3n) is 3.34. The molecule has 3 rings (SSSR count). The highest BCUT2D eigenvalue weighted by Crippen LogP contribution is 2.34. The minimum Gasteiger partial charge on any atom is -0.455 e. The standard InChI is InChI=1S/C17H15ClN2O/c1-10-8-14(19)13(18)9-16(10)21-15-5-3-4-12-7-6-11(2)20-17(12)15/h3-9H,19H2,1-2H3. The molecule has 3 nitrogen and oxygen atoms in total. The normalized spacial score (nSPS) is 10.8. The lowest BCUT2D eigenvalue weighted by molar-refractivity contribution is 0.483. The quantitative estimate of drug-likeness (QED) is 0.686. The Bertz CT molecular complexity index is 830. The number of benzene rings is 2. The molecule has 0 atom stereocenters. The number of halogens is 1. The summed E-state index contributed by atoms with van der Waals surface area (Å²) < 4.78 is 6.01. The first-order valence-electron chi connectivity index (χ1n) is 6.64. The summed E-state index contributed by atoms with van der Waals surface area (Å²) in [5, 5.41) is 1.53. The Morgan fingerprint density at radius 2 is 1.86 bits per heavy atom. The molecule has 1 heterocycles. The number of aromatic nitrogens is 1. The molecule has 4 heteroatoms. The Labute approximate surface area is 128 Å². The molecule has 0 radical (unpaired) electrons. The van der Waals surface area contributed by atoms with Crippen LogP contribution in [0.5, 0.6) is 11.5 Å². The molecule has 2 N–H and O–H groups in total. The maximum absolute atomic E-state index is 6.07. The lowest BCUT2D eigenvalue weighted by Crippen LogP contribution is -1.94. The number of pyridine rings is 1. The second kappa shape index (κ2) is 5.26. The van der Waals surface area contributed by atoms with Crippen LogP contribution >= 0.6 is 11.6 Å². The maximum atomic E-state index is 6.07. The van der Waals surface area contributed by atoms with Crippen LogP contribution in [0, 0.1) is 13.8 Å². The van der Waals surface area contributed by atoms with Gasteiger partial charge in [0.1, 0.15) is 11.3 Å². The summed E-state index contributed by atoms with van der Waals surface area (Å²) in [4.78, 5) is 4.56. The van der Waals surface area contributed by atoms with Gasteiger partial charge in [-0.1, -0.05) is 29.8 Å². The van der Waals surface area contributed by atoms with Gasteiger partial charge in [-0.15, -0.1) is 0 Å². The average molecular weight is 299 g/mol. The number of aryl methyl sites for hydroxylation is 2. The number of nitrogens with two attached hydrogens (primary N) is 1. The second-order valence-corrected chi connectivity index (χ2v) is 5.43. The van der Waals surface area contributed by atoms with Crippen molar-refractivity contribution in [3.05, 3.63) is 58.7 Å². The SMILES string of the molecule is Cc1ccc2cccc(Oc3cc(Cl)c(N)cc3C)c2n1. The maximum Gasteiger partial charge on any atom is 0.153 e. The van der Waals surface area contributed by atoms with Crippen molar-refractivity contribution in [2.75, 3.05) is 5.73 Å². The zero-order valence-electron chi connectivity index (χ0n) is 11.9. The fourth-order valence-corrected chi connectivity index (χ4v) is 2.37. The number of hydrogen-bond acceptors (Lipinski definition) is 3. The number of rotatable bonds is 2. The molecular weight excluding hydrogens is 284 g/mol. The molecule has 0 bridgehead atoms. The van der Waals surface area contributed by atoms with Crippen LogP contribution in [-0.2, 0) is 0 Å². The molecule has 21 heavy (non-hydrogen) atoms. The lowest BCUT2D eigenvalue weighted by atomic mass is 10.1. The van der Waals surface area contributed by atoms with Crippen LogP contribution in [0.4, 0.5) is 5.69 Å². The number of para-hydroxylation sites is 1. The van der Waals surface area contributed by atoms with E-state index in [4.69, 9.17) is 22.1 Å². The molecule has 0 fully saturated rings. The van der Waals surface area contributed by atoms with E-state index in [9.17, 15) is 0 Å². The van der Waals surface area contributed by atoms with Crippen LogP contribution in [0.3, 0.4) is 0 Å². The van der Waals surface area contributed by atoms with Gasteiger partial charge >= 0.3 is 0 Å². The molecule has 0 unspecified atom stereocenters. The van der Waals surface area contributed by atoms with Gasteiger partial charge in [-0.05, 0) is 37.6 Å². The molecule has 0 saturated carbocycles. The summed E-state index contributed by atoms with van der Waals surface area (Å²) in [6.45, 7) is 3.90. The first-order valence-corrected chi connectivity index (χ1v) is 7.02. The molecule has 1 aromatic heterocycles. The predicted molar refractivity (Wildman–Crippen MR) is 87.2 cm³/mol. The molecule has 0 aliphatic heterocycles. The minimum absolute atomic E-state index is 0.486. The fourth-order valence-electron chi connectivity index (χ4n) is 2.21. The van der Waals surface area contributed by atoms with Crippen LogP contribution in [0.1, 0.15) is 11.3 Å². The Hall–Kier alpha value is -2.26. The van der Waals surface area contributed by atoms with Gasteiger partial charge < -0.3 is 10.5 Å². The van der Waals surface area contributed by atoms with Crippen molar-refractivity contribution in [2.24, 2.45) is 0 Å². The van der Waals surface area contributed by atoms with Gasteiger partial charge in [-0.3, -0.25) is 0 Å². The van der Waals surface area contributed by atoms with Gasteiger partial charge in [0.25, 0.3) is 0 Å². The summed E-state index contributed by atoms with van der Waals surface area (Å²) in [6, 6.07) is 13.4. The van der Waals surface area contributed by atoms with E-state index < -0.39 is 0 Å². The molecule has 0 saturated heterocycles. The van der Waals surface area contributed by atoms with Gasteiger partial charge in [0.05, 0.1) is 10.7 Å². The molecule has 3 aromatic rings. The van der Waals surface area contributed by atoms with Gasteiger partial charge in [-0.2, -0.15) is 0 Å². The van der Waals surface area contributed by atoms with Crippen molar-refractivity contribution < 1.29 is 4.74 Å². The van der Waals surface area contributed by atoms with Gasteiger partial charge in [0, 0.05) is 17.1 Å². The van der Waals surface area contributed by atoms with E-state index >= 15 is 0 Å². The Morgan fingerprint density at radius 3 is 2.67 bits per heavy atom. The van der Waals surface area contributed by atoms with Crippen molar-refractivity contribution in [1.82, 2.24) is 4.98 Å². The largest absolute Gasteiger partial charge is 0.455 e. The smallest absolute Gasteiger partial charge is 0.153 e. The van der Waals surface area contributed by atoms with Gasteiger partial charge in [-0.25, -0.2) is 4.98 Å². The van der Waals surface area contributed by atoms with E-state index in [-0.39, 0.29) is 0 Å². The number of nitrogen functional groups attached to an aromatic ring is 1. The van der Waals surface area contributed by atoms with Gasteiger partial charge in [0.2, 0.25) is 0 Å². The van der Waals surface area contributed by atoms with E-state index in [1.54, 1.807) is 6.07 Å². The van der Waals surface area contributed by atoms with Crippen LogP contribution in [0.15, 0.2) is 42.5 Å². The lowest BCUT2D eigenvalue weighted by Gasteiger charge is -2.12. The van der Waals surface area contributed by atoms with Crippen molar-refractivity contribution in [2.45, 2.75) is 13.8 Å². The molecular formula is C17H15ClN2O. The van der Waals surface area contributed by atoms with Crippen molar-refractivity contribution in [3.63, 3.8) is 0 Å². The van der Waals surface area contributed by atoms with E-state index in [0.29, 0.717) is 22.2 Å². The highest BCUT2D eigenvalue weighted by Gasteiger charge is 2.09. The van der Waals surface area contributed by atoms with Crippen LogP contribution in [0.25, 0.3) is 10.9 Å². The fraction of sp³-hybridized carbons (Fsp3) is 0.118. The van der Waals surface area contributed by atoms with Gasteiger partial charge in [0.15, 0.2) is 5.75 Å². The zero-order chi connectivity index (χ0) is 15.0. The molecule has 106 valence electrons. The van der Waals surface area contributed by atoms with E-state index in [2.05, 4.69) is 4.98 Å². The molecule has 0 amide bonds. The number of nitrogens with zero attached hydrogens (tertiary/aromatic N) is 1. The number of anilines is 1. The molecule has 0 spiro atoms. The van der Waals surface area contributed by atoms with Crippen molar-refractivity contribution in [3.8, 4) is 11.5 Å². The zero-order valence-corrected chi connectivity index (χ0v) is 12.6. The highest BCUT2D eigenvalue weighted by molar-refractivity contribution is 6.33. The summed E-state index contributed by atoms with van der Waals surface area (Å²) >= 11 is 6.07. The minimum atomic E-state index is 0.486. The summed E-state index contributed by atoms with van der Waals surface area (Å²) in [5.41, 5.74) is 9.06. The molecule has 0 aliphatic carbocycles. The molecule has 2 aromatic carbocycles. The Balaban J connectivity index is 2.10. The Kier molecular flexibility index (Phi) is 3.43. The summed E-state index contributed by atoms with van der Waals surface area (Å²) in [6.07, 6.45) is 0. The third kappa shape index (κ3) is 2.65. The Morgan fingerprint density at radius 1 is 1.05 bits per heavy atom. The molecule has 0 aliphatic rings. The summed E-state index contributed by atoms with van der Waals surface area (Å²) in [7, 11) is 0. The third-order valence-corrected chi connectivity index (χ3v) is 3.66. The summed E-state index contributed by atoms with van der Waals surface area (Å²) in [5.74, 6) is 1.39. The first kappa shape index (κ1) is 13.7. The number of ether oxygens (including phenoxy) is 1. The average Bonchev–Trinajstić information content (AvgIpc) is 2.45. The van der Waals surface area contributed by atoms with Crippen molar-refractivity contribution >= 4 is 28.2 Å². The van der Waals surface area contributed by atoms with Crippen LogP contribution in [-0.4, -0.2) is 4.98 Å². The monoisotopic (exact) mass is 298 g/mol. The van der Waals surface area contributed by atoms with Crippen molar-refractivity contribution in [1.29, 1.82) is 0 Å². The highest BCUT2D eigenvalue weighted by atomic mass is 35.5. The van der Waals surface area contributed by atoms with Crippen LogP contribution < -0.4 is 10.5 Å². The van der Waals surface area contributed by atoms with Crippen LogP contribution in [0.2, 0.25) is 5.02 Å². The number of fused-ring (bicyclic) bond motifs is 1. The van der Waals surface area contributed by atoms with E-state index in [0.717, 1.165) is 22.2 Å². The second-order valence-electron chi connectivity index (χ2n) is 5.02. The topological polar surface area (TPSA) is 48.1 Å². The van der Waals surface area contributed by atoms with E-state index in [1.807, 2.05) is 50.2 Å². The van der Waals surface area contributed by atoms with E-state index in [1.165, 1.54) is 0 Å². The first-order chi connectivity index (χ1) is 10.0.